The van der Waals surface area contributed by atoms with E-state index in [1.165, 1.54) is 42.8 Å². The van der Waals surface area contributed by atoms with Gasteiger partial charge in [-0.2, -0.15) is 0 Å². The Morgan fingerprint density at radius 2 is 2.26 bits per heavy atom. The highest BCUT2D eigenvalue weighted by molar-refractivity contribution is 8.04. The number of nitrogens with zero attached hydrogens (tertiary/aromatic N) is 1. The lowest BCUT2D eigenvalue weighted by Crippen LogP contribution is -2.33. The predicted molar refractivity (Wildman–Crippen MR) is 97.9 cm³/mol. The summed E-state index contributed by atoms with van der Waals surface area (Å²) < 4.78 is 6.03. The zero-order chi connectivity index (χ0) is 15.6. The molecule has 1 saturated heterocycles. The Morgan fingerprint density at radius 1 is 1.30 bits per heavy atom. The van der Waals surface area contributed by atoms with Crippen molar-refractivity contribution in [3.05, 3.63) is 59.0 Å². The number of ether oxygens (including phenoxy) is 1. The van der Waals surface area contributed by atoms with Gasteiger partial charge in [0.25, 0.3) is 0 Å². The molecule has 0 amide bonds. The Labute approximate surface area is 143 Å². The first-order valence-corrected chi connectivity index (χ1v) is 9.65. The van der Waals surface area contributed by atoms with Crippen LogP contribution in [0.1, 0.15) is 25.7 Å². The predicted octanol–water partition coefficient (Wildman–Crippen LogP) is 4.65. The summed E-state index contributed by atoms with van der Waals surface area (Å²) in [6, 6.07) is 0. The van der Waals surface area contributed by atoms with Gasteiger partial charge >= 0.3 is 0 Å². The van der Waals surface area contributed by atoms with Crippen molar-refractivity contribution in [1.82, 2.24) is 4.90 Å². The Morgan fingerprint density at radius 3 is 3.17 bits per heavy atom. The van der Waals surface area contributed by atoms with Crippen LogP contribution in [0.25, 0.3) is 0 Å². The molecule has 0 aromatic carbocycles. The zero-order valence-corrected chi connectivity index (χ0v) is 14.6. The van der Waals surface area contributed by atoms with Crippen molar-refractivity contribution in [3.63, 3.8) is 0 Å². The van der Waals surface area contributed by atoms with Crippen molar-refractivity contribution in [2.45, 2.75) is 30.9 Å². The molecule has 0 radical (unpaired) electrons. The monoisotopic (exact) mass is 327 g/mol. The van der Waals surface area contributed by atoms with Crippen LogP contribution in [-0.4, -0.2) is 30.3 Å². The van der Waals surface area contributed by atoms with Crippen LogP contribution in [0, 0.1) is 11.8 Å². The molecular formula is C20H25NOS. The number of hydrogen-bond acceptors (Lipinski definition) is 3. The van der Waals surface area contributed by atoms with Crippen molar-refractivity contribution in [2.75, 3.05) is 20.1 Å². The molecule has 3 atom stereocenters. The molecule has 0 spiro atoms. The number of fused-ring (bicyclic) bond motifs is 1. The third-order valence-corrected chi connectivity index (χ3v) is 6.71. The largest absolute Gasteiger partial charge is 0.464 e. The molecule has 2 aliphatic heterocycles. The van der Waals surface area contributed by atoms with Gasteiger partial charge in [0.05, 0.1) is 11.5 Å². The minimum Gasteiger partial charge on any atom is -0.464 e. The van der Waals surface area contributed by atoms with Crippen LogP contribution in [0.5, 0.6) is 0 Å². The minimum atomic E-state index is 0.413. The molecule has 0 bridgehead atoms. The van der Waals surface area contributed by atoms with Crippen molar-refractivity contribution in [1.29, 1.82) is 0 Å². The average molecular weight is 327 g/mol. The van der Waals surface area contributed by atoms with E-state index < -0.39 is 0 Å². The van der Waals surface area contributed by atoms with E-state index in [1.54, 1.807) is 0 Å². The number of allylic oxidation sites excluding steroid dienone is 6. The van der Waals surface area contributed by atoms with E-state index in [4.69, 9.17) is 4.74 Å². The van der Waals surface area contributed by atoms with Crippen LogP contribution in [0.4, 0.5) is 0 Å². The fraction of sp³-hybridized carbons (Fsp3) is 0.500. The first kappa shape index (κ1) is 15.3. The number of piperidine rings is 1. The van der Waals surface area contributed by atoms with Gasteiger partial charge in [-0.25, -0.2) is 0 Å². The van der Waals surface area contributed by atoms with Gasteiger partial charge in [0.15, 0.2) is 0 Å². The lowest BCUT2D eigenvalue weighted by Gasteiger charge is -2.33. The van der Waals surface area contributed by atoms with E-state index in [1.807, 2.05) is 18.0 Å². The fourth-order valence-corrected chi connectivity index (χ4v) is 5.40. The van der Waals surface area contributed by atoms with E-state index >= 15 is 0 Å². The van der Waals surface area contributed by atoms with Crippen molar-refractivity contribution < 1.29 is 4.74 Å². The van der Waals surface area contributed by atoms with E-state index in [9.17, 15) is 0 Å². The second-order valence-corrected chi connectivity index (χ2v) is 8.27. The van der Waals surface area contributed by atoms with Crippen LogP contribution >= 0.6 is 11.8 Å². The van der Waals surface area contributed by atoms with Crippen LogP contribution in [0.15, 0.2) is 59.0 Å². The maximum Gasteiger partial charge on any atom is 0.136 e. The van der Waals surface area contributed by atoms with Gasteiger partial charge in [0, 0.05) is 17.0 Å². The van der Waals surface area contributed by atoms with Crippen molar-refractivity contribution in [3.8, 4) is 0 Å². The molecule has 1 fully saturated rings. The second kappa shape index (κ2) is 6.74. The zero-order valence-electron chi connectivity index (χ0n) is 13.8. The molecule has 0 N–H and O–H groups in total. The standard InChI is InChI=1S/C20H25NOS/c1-21-11-5-6-15(13-21)12-16-8-4-9-18-20(16)23-19-10-3-2-7-17(19)14-22-18/h2-4,7,9-10,14-16,19H,5-6,8,11-13H2,1H3. The van der Waals surface area contributed by atoms with Crippen LogP contribution < -0.4 is 0 Å². The van der Waals surface area contributed by atoms with Crippen molar-refractivity contribution in [2.24, 2.45) is 11.8 Å². The molecule has 122 valence electrons. The van der Waals surface area contributed by atoms with Gasteiger partial charge in [0.2, 0.25) is 0 Å². The molecule has 0 aromatic rings. The summed E-state index contributed by atoms with van der Waals surface area (Å²) in [5.74, 6) is 2.54. The molecule has 2 heterocycles. The molecule has 3 heteroatoms. The summed E-state index contributed by atoms with van der Waals surface area (Å²) >= 11 is 2.00. The third kappa shape index (κ3) is 3.36. The first-order chi connectivity index (χ1) is 11.3. The van der Waals surface area contributed by atoms with Gasteiger partial charge in [-0.05, 0) is 57.2 Å². The Hall–Kier alpha value is -1.19. The highest BCUT2D eigenvalue weighted by Crippen LogP contribution is 2.45. The molecule has 2 nitrogen and oxygen atoms in total. The fourth-order valence-electron chi connectivity index (χ4n) is 4.07. The van der Waals surface area contributed by atoms with Gasteiger partial charge in [-0.15, -0.1) is 11.8 Å². The molecule has 3 unspecified atom stereocenters. The third-order valence-electron chi connectivity index (χ3n) is 5.23. The lowest BCUT2D eigenvalue weighted by atomic mass is 9.85. The summed E-state index contributed by atoms with van der Waals surface area (Å²) in [4.78, 5) is 3.96. The highest BCUT2D eigenvalue weighted by Gasteiger charge is 2.30. The summed E-state index contributed by atoms with van der Waals surface area (Å²) in [5.41, 5.74) is 1.27. The number of hydrogen-bond donors (Lipinski definition) is 0. The molecular weight excluding hydrogens is 302 g/mol. The van der Waals surface area contributed by atoms with Crippen LogP contribution in [0.2, 0.25) is 0 Å². The Bertz CT molecular complexity index is 613. The minimum absolute atomic E-state index is 0.413. The van der Waals surface area contributed by atoms with E-state index in [-0.39, 0.29) is 0 Å². The Balaban J connectivity index is 1.51. The topological polar surface area (TPSA) is 12.5 Å². The van der Waals surface area contributed by atoms with E-state index in [0.717, 1.165) is 18.1 Å². The summed E-state index contributed by atoms with van der Waals surface area (Å²) in [5, 5.41) is 0.413. The van der Waals surface area contributed by atoms with Gasteiger partial charge in [0.1, 0.15) is 5.76 Å². The van der Waals surface area contributed by atoms with Gasteiger partial charge in [-0.3, -0.25) is 0 Å². The van der Waals surface area contributed by atoms with Crippen LogP contribution in [0.3, 0.4) is 0 Å². The van der Waals surface area contributed by atoms with Crippen LogP contribution in [-0.2, 0) is 4.74 Å². The molecule has 23 heavy (non-hydrogen) atoms. The Kier molecular flexibility index (Phi) is 4.50. The summed E-state index contributed by atoms with van der Waals surface area (Å²) in [6.07, 6.45) is 20.3. The first-order valence-electron chi connectivity index (χ1n) is 8.77. The molecule has 4 rings (SSSR count). The molecule has 0 saturated carbocycles. The molecule has 4 aliphatic rings. The van der Waals surface area contributed by atoms with Gasteiger partial charge in [-0.1, -0.05) is 30.4 Å². The highest BCUT2D eigenvalue weighted by atomic mass is 32.2. The summed E-state index contributed by atoms with van der Waals surface area (Å²) in [7, 11) is 2.26. The van der Waals surface area contributed by atoms with Gasteiger partial charge < -0.3 is 9.64 Å². The average Bonchev–Trinajstić information content (AvgIpc) is 2.75. The quantitative estimate of drug-likeness (QED) is 0.732. The second-order valence-electron chi connectivity index (χ2n) is 7.09. The van der Waals surface area contributed by atoms with E-state index in [0.29, 0.717) is 11.2 Å². The maximum atomic E-state index is 6.03. The number of likely N-dealkylation sites (tertiary alicyclic amines) is 1. The molecule has 0 aromatic heterocycles. The number of thioether (sulfide) groups is 1. The normalized spacial score (nSPS) is 33.6. The molecule has 2 aliphatic carbocycles. The van der Waals surface area contributed by atoms with E-state index in [2.05, 4.69) is 48.4 Å². The number of rotatable bonds is 2. The maximum absolute atomic E-state index is 6.03. The summed E-state index contributed by atoms with van der Waals surface area (Å²) in [6.45, 7) is 2.52. The SMILES string of the molecule is CN1CCCC(CC2CC=CC3=C2SC2C=CC=CC2=CO3)C1. The smallest absolute Gasteiger partial charge is 0.136 e. The van der Waals surface area contributed by atoms with Crippen molar-refractivity contribution >= 4 is 11.8 Å². The lowest BCUT2D eigenvalue weighted by molar-refractivity contribution is 0.190.